The molecule has 140 valence electrons. The summed E-state index contributed by atoms with van der Waals surface area (Å²) in [6.45, 7) is 11.9. The highest BCUT2D eigenvalue weighted by Crippen LogP contribution is 2.12. The molecule has 2 fully saturated rings. The lowest BCUT2D eigenvalue weighted by Gasteiger charge is -2.42. The van der Waals surface area contributed by atoms with E-state index < -0.39 is 0 Å². The number of aliphatic hydroxyl groups excluding tert-OH is 2. The van der Waals surface area contributed by atoms with E-state index in [0.29, 0.717) is 26.2 Å². The van der Waals surface area contributed by atoms with E-state index in [1.54, 1.807) is 13.8 Å². The first-order valence-corrected chi connectivity index (χ1v) is 9.11. The zero-order valence-corrected chi connectivity index (χ0v) is 15.4. The zero-order valence-electron chi connectivity index (χ0n) is 15.4. The minimum atomic E-state index is -0.389. The quantitative estimate of drug-likeness (QED) is 0.474. The Kier molecular flexibility index (Phi) is 7.15. The lowest BCUT2D eigenvalue weighted by atomic mass is 9.97. The van der Waals surface area contributed by atoms with Gasteiger partial charge in [0.05, 0.1) is 24.3 Å². The van der Waals surface area contributed by atoms with Crippen LogP contribution in [0.3, 0.4) is 0 Å². The van der Waals surface area contributed by atoms with Crippen LogP contribution in [-0.4, -0.2) is 101 Å². The Bertz CT molecular complexity index is 379. The number of rotatable bonds is 6. The minimum absolute atomic E-state index is 0.180. The minimum Gasteiger partial charge on any atom is -0.392 e. The van der Waals surface area contributed by atoms with E-state index in [1.165, 1.54) is 0 Å². The number of nitrogens with one attached hydrogen (secondary N) is 2. The maximum Gasteiger partial charge on any atom is 0.169 e. The van der Waals surface area contributed by atoms with Crippen LogP contribution in [0.2, 0.25) is 0 Å². The molecule has 0 spiro atoms. The van der Waals surface area contributed by atoms with Gasteiger partial charge in [-0.1, -0.05) is 0 Å². The fourth-order valence-electron chi connectivity index (χ4n) is 3.97. The van der Waals surface area contributed by atoms with E-state index in [2.05, 4.69) is 34.3 Å². The van der Waals surface area contributed by atoms with Gasteiger partial charge in [0.1, 0.15) is 0 Å². The molecular weight excluding hydrogens is 308 g/mol. The molecule has 0 amide bonds. The van der Waals surface area contributed by atoms with Crippen LogP contribution in [0.4, 0.5) is 0 Å². The average molecular weight is 342 g/mol. The normalized spacial score (nSPS) is 35.6. The van der Waals surface area contributed by atoms with Gasteiger partial charge in [0, 0.05) is 51.4 Å². The third-order valence-electron chi connectivity index (χ3n) is 4.65. The molecule has 2 aliphatic heterocycles. The molecule has 2 rings (SSSR count). The predicted molar refractivity (Wildman–Crippen MR) is 94.0 cm³/mol. The van der Waals surface area contributed by atoms with Gasteiger partial charge in [-0.15, -0.1) is 0 Å². The van der Waals surface area contributed by atoms with Gasteiger partial charge in [-0.05, 0) is 27.7 Å². The number of hydrogen-bond donors (Lipinski definition) is 4. The summed E-state index contributed by atoms with van der Waals surface area (Å²) in [7, 11) is 0. The molecule has 7 heteroatoms. The first-order valence-electron chi connectivity index (χ1n) is 9.11. The fourth-order valence-corrected chi connectivity index (χ4v) is 3.97. The summed E-state index contributed by atoms with van der Waals surface area (Å²) in [5.74, 6) is 0.180. The topological polar surface area (TPSA) is 88.1 Å². The van der Waals surface area contributed by atoms with Crippen LogP contribution in [-0.2, 0) is 4.79 Å². The number of nitrogens with zero attached hydrogens (tertiary/aromatic N) is 2. The van der Waals surface area contributed by atoms with Gasteiger partial charge in [-0.2, -0.15) is 0 Å². The Labute approximate surface area is 145 Å². The summed E-state index contributed by atoms with van der Waals surface area (Å²) < 4.78 is 0. The maximum atomic E-state index is 13.0. The molecule has 2 saturated heterocycles. The largest absolute Gasteiger partial charge is 0.392 e. The Morgan fingerprint density at radius 3 is 1.62 bits per heavy atom. The van der Waals surface area contributed by atoms with Crippen LogP contribution in [0.25, 0.3) is 0 Å². The molecule has 2 aliphatic rings. The van der Waals surface area contributed by atoms with Crippen molar-refractivity contribution >= 4 is 5.78 Å². The van der Waals surface area contributed by atoms with Gasteiger partial charge < -0.3 is 20.8 Å². The summed E-state index contributed by atoms with van der Waals surface area (Å²) in [5.41, 5.74) is 0. The third kappa shape index (κ3) is 5.75. The van der Waals surface area contributed by atoms with Crippen molar-refractivity contribution in [2.75, 3.05) is 39.3 Å². The summed E-state index contributed by atoms with van der Waals surface area (Å²) in [5, 5.41) is 26.1. The second kappa shape index (κ2) is 8.69. The van der Waals surface area contributed by atoms with Crippen molar-refractivity contribution in [2.24, 2.45) is 0 Å². The number of carbonyl (C=O) groups excluding carboxylic acids is 1. The molecule has 6 atom stereocenters. The monoisotopic (exact) mass is 342 g/mol. The zero-order chi connectivity index (χ0) is 17.9. The molecule has 0 bridgehead atoms. The van der Waals surface area contributed by atoms with Crippen molar-refractivity contribution in [2.45, 2.75) is 64.1 Å². The summed E-state index contributed by atoms with van der Waals surface area (Å²) >= 11 is 0. The molecule has 0 aromatic carbocycles. The number of aliphatic hydroxyl groups is 2. The lowest BCUT2D eigenvalue weighted by Crippen LogP contribution is -2.66. The third-order valence-corrected chi connectivity index (χ3v) is 4.65. The van der Waals surface area contributed by atoms with Crippen LogP contribution in [0.15, 0.2) is 0 Å². The van der Waals surface area contributed by atoms with E-state index in [4.69, 9.17) is 0 Å². The smallest absolute Gasteiger partial charge is 0.169 e. The molecule has 4 N–H and O–H groups in total. The highest BCUT2D eigenvalue weighted by molar-refractivity contribution is 5.89. The molecule has 0 aromatic heterocycles. The number of carbonyl (C=O) groups is 1. The number of piperazine rings is 2. The van der Waals surface area contributed by atoms with Crippen molar-refractivity contribution in [1.29, 1.82) is 0 Å². The Morgan fingerprint density at radius 1 is 0.917 bits per heavy atom. The maximum absolute atomic E-state index is 13.0. The first kappa shape index (κ1) is 19.8. The van der Waals surface area contributed by atoms with Gasteiger partial charge in [0.15, 0.2) is 5.78 Å². The van der Waals surface area contributed by atoms with Crippen molar-refractivity contribution < 1.29 is 15.0 Å². The van der Waals surface area contributed by atoms with E-state index in [1.807, 2.05) is 0 Å². The Morgan fingerprint density at radius 2 is 1.29 bits per heavy atom. The van der Waals surface area contributed by atoms with Crippen LogP contribution < -0.4 is 10.6 Å². The van der Waals surface area contributed by atoms with Crippen molar-refractivity contribution in [3.8, 4) is 0 Å². The van der Waals surface area contributed by atoms with Gasteiger partial charge in [0.25, 0.3) is 0 Å². The van der Waals surface area contributed by atoms with Crippen LogP contribution in [0.5, 0.6) is 0 Å². The second-order valence-corrected chi connectivity index (χ2v) is 7.78. The van der Waals surface area contributed by atoms with Crippen LogP contribution in [0.1, 0.15) is 27.7 Å². The molecule has 6 unspecified atom stereocenters. The molecule has 0 aromatic rings. The molecular formula is C17H34N4O3. The van der Waals surface area contributed by atoms with Crippen LogP contribution in [0, 0.1) is 0 Å². The van der Waals surface area contributed by atoms with Crippen LogP contribution >= 0.6 is 0 Å². The van der Waals surface area contributed by atoms with E-state index in [9.17, 15) is 15.0 Å². The summed E-state index contributed by atoms with van der Waals surface area (Å²) in [6, 6.07) is 0.00876. The van der Waals surface area contributed by atoms with E-state index in [-0.39, 0.29) is 42.2 Å². The Hall–Kier alpha value is -0.570. The molecule has 7 nitrogen and oxygen atoms in total. The van der Waals surface area contributed by atoms with Crippen molar-refractivity contribution in [3.63, 3.8) is 0 Å². The SMILES string of the molecule is CC(O)CN1CC(C)NC(C(=O)C2CN(CC(C)O)CC(C)N2)C1. The highest BCUT2D eigenvalue weighted by Gasteiger charge is 2.36. The number of ketones is 1. The lowest BCUT2D eigenvalue weighted by molar-refractivity contribution is -0.126. The molecule has 0 radical (unpaired) electrons. The number of Topliss-reactive ketones (excluding diaryl/α,β-unsaturated/α-hetero) is 1. The summed E-state index contributed by atoms with van der Waals surface area (Å²) in [4.78, 5) is 17.3. The number of hydrogen-bond acceptors (Lipinski definition) is 7. The van der Waals surface area contributed by atoms with Gasteiger partial charge in [-0.3, -0.25) is 14.6 Å². The number of β-amino-alcohol motifs (C(OH)–C–C–N with tert-alkyl or cyclic N) is 2. The molecule has 24 heavy (non-hydrogen) atoms. The highest BCUT2D eigenvalue weighted by atomic mass is 16.3. The summed E-state index contributed by atoms with van der Waals surface area (Å²) in [6.07, 6.45) is -0.777. The van der Waals surface area contributed by atoms with Crippen molar-refractivity contribution in [3.05, 3.63) is 0 Å². The predicted octanol–water partition coefficient (Wildman–Crippen LogP) is -1.36. The Balaban J connectivity index is 1.98. The standard InChI is InChI=1S/C17H34N4O3/c1-11-5-20(7-13(3)22)9-15(18-11)17(24)16-10-21(8-14(4)23)6-12(2)19-16/h11-16,18-19,22-23H,5-10H2,1-4H3. The van der Waals surface area contributed by atoms with E-state index >= 15 is 0 Å². The van der Waals surface area contributed by atoms with Gasteiger partial charge in [-0.25, -0.2) is 0 Å². The molecule has 0 aliphatic carbocycles. The average Bonchev–Trinajstić information content (AvgIpc) is 2.43. The second-order valence-electron chi connectivity index (χ2n) is 7.78. The van der Waals surface area contributed by atoms with Gasteiger partial charge >= 0.3 is 0 Å². The first-order chi connectivity index (χ1) is 11.2. The van der Waals surface area contributed by atoms with Crippen molar-refractivity contribution in [1.82, 2.24) is 20.4 Å². The molecule has 2 heterocycles. The fraction of sp³-hybridized carbons (Fsp3) is 0.941. The van der Waals surface area contributed by atoms with Gasteiger partial charge in [0.2, 0.25) is 0 Å². The molecule has 0 saturated carbocycles. The van der Waals surface area contributed by atoms with E-state index in [0.717, 1.165) is 13.1 Å².